The average molecular weight is 273 g/mol. The number of hydrogen-bond acceptors (Lipinski definition) is 3. The van der Waals surface area contributed by atoms with Crippen molar-refractivity contribution in [2.75, 3.05) is 0 Å². The summed E-state index contributed by atoms with van der Waals surface area (Å²) in [6.45, 7) is 0. The lowest BCUT2D eigenvalue weighted by molar-refractivity contribution is 0.101. The number of carbonyl (C=O) groups is 1. The zero-order chi connectivity index (χ0) is 13.4. The van der Waals surface area contributed by atoms with E-state index in [2.05, 4.69) is 0 Å². The number of phenols is 1. The summed E-state index contributed by atoms with van der Waals surface area (Å²) in [7, 11) is 0. The summed E-state index contributed by atoms with van der Waals surface area (Å²) in [6, 6.07) is 11.6. The number of rotatable bonds is 1. The van der Waals surface area contributed by atoms with Gasteiger partial charge in [-0.05, 0) is 35.9 Å². The summed E-state index contributed by atoms with van der Waals surface area (Å²) in [5, 5.41) is 9.80. The molecule has 1 aliphatic rings. The number of halogens is 1. The number of phenolic OH excluding ortho intramolecular Hbond substituents is 1. The lowest BCUT2D eigenvalue weighted by Crippen LogP contribution is -1.97. The molecule has 2 aromatic carbocycles. The standard InChI is InChI=1S/C15H9ClO3/c16-12-6-2-5-11-14(18)13(19-15(11)12)8-9-3-1-4-10(17)7-9/h1-8,17H/b13-8-. The van der Waals surface area contributed by atoms with Gasteiger partial charge in [0.2, 0.25) is 5.78 Å². The van der Waals surface area contributed by atoms with Crippen LogP contribution in [0.1, 0.15) is 15.9 Å². The zero-order valence-corrected chi connectivity index (χ0v) is 10.5. The van der Waals surface area contributed by atoms with Crippen LogP contribution in [0.25, 0.3) is 6.08 Å². The second-order valence-corrected chi connectivity index (χ2v) is 4.56. The predicted octanol–water partition coefficient (Wildman–Crippen LogP) is 3.66. The molecule has 19 heavy (non-hydrogen) atoms. The minimum Gasteiger partial charge on any atom is -0.508 e. The molecule has 3 rings (SSSR count). The highest BCUT2D eigenvalue weighted by molar-refractivity contribution is 6.33. The molecule has 2 aromatic rings. The third-order valence-electron chi connectivity index (χ3n) is 2.82. The van der Waals surface area contributed by atoms with Crippen LogP contribution in [0.3, 0.4) is 0 Å². The molecule has 0 fully saturated rings. The van der Waals surface area contributed by atoms with Crippen molar-refractivity contribution in [2.45, 2.75) is 0 Å². The number of carbonyl (C=O) groups excluding carboxylic acids is 1. The Morgan fingerprint density at radius 1 is 1.16 bits per heavy atom. The minimum atomic E-state index is -0.208. The first-order valence-corrected chi connectivity index (χ1v) is 6.05. The Bertz CT molecular complexity index is 704. The van der Waals surface area contributed by atoms with Crippen LogP contribution in [0.4, 0.5) is 0 Å². The topological polar surface area (TPSA) is 46.5 Å². The van der Waals surface area contributed by atoms with Crippen LogP contribution in [-0.2, 0) is 0 Å². The van der Waals surface area contributed by atoms with Crippen molar-refractivity contribution >= 4 is 23.5 Å². The van der Waals surface area contributed by atoms with E-state index >= 15 is 0 Å². The average Bonchev–Trinajstić information content (AvgIpc) is 2.69. The van der Waals surface area contributed by atoms with Gasteiger partial charge in [0.05, 0.1) is 10.6 Å². The number of allylic oxidation sites excluding steroid dienone is 1. The monoisotopic (exact) mass is 272 g/mol. The van der Waals surface area contributed by atoms with Crippen molar-refractivity contribution in [3.8, 4) is 11.5 Å². The van der Waals surface area contributed by atoms with E-state index in [0.29, 0.717) is 21.9 Å². The van der Waals surface area contributed by atoms with E-state index in [4.69, 9.17) is 16.3 Å². The highest BCUT2D eigenvalue weighted by Crippen LogP contribution is 2.37. The Kier molecular flexibility index (Phi) is 2.76. The van der Waals surface area contributed by atoms with Gasteiger partial charge in [0.1, 0.15) is 5.75 Å². The van der Waals surface area contributed by atoms with E-state index in [1.165, 1.54) is 0 Å². The van der Waals surface area contributed by atoms with Gasteiger partial charge in [-0.2, -0.15) is 0 Å². The number of hydrogen-bond donors (Lipinski definition) is 1. The second kappa shape index (κ2) is 4.44. The van der Waals surface area contributed by atoms with Crippen LogP contribution in [0.5, 0.6) is 11.5 Å². The highest BCUT2D eigenvalue weighted by atomic mass is 35.5. The Balaban J connectivity index is 2.02. The highest BCUT2D eigenvalue weighted by Gasteiger charge is 2.28. The maximum Gasteiger partial charge on any atom is 0.232 e. The van der Waals surface area contributed by atoms with Crippen LogP contribution in [-0.4, -0.2) is 10.9 Å². The van der Waals surface area contributed by atoms with E-state index in [0.717, 1.165) is 0 Å². The molecule has 0 saturated heterocycles. The van der Waals surface area contributed by atoms with Gasteiger partial charge in [0.15, 0.2) is 11.5 Å². The molecular weight excluding hydrogens is 264 g/mol. The molecule has 0 bridgehead atoms. The Morgan fingerprint density at radius 3 is 2.68 bits per heavy atom. The molecule has 0 spiro atoms. The fourth-order valence-corrected chi connectivity index (χ4v) is 2.15. The van der Waals surface area contributed by atoms with Gasteiger partial charge in [0, 0.05) is 0 Å². The van der Waals surface area contributed by atoms with Crippen LogP contribution in [0.15, 0.2) is 48.2 Å². The van der Waals surface area contributed by atoms with Crippen LogP contribution >= 0.6 is 11.6 Å². The maximum atomic E-state index is 12.1. The largest absolute Gasteiger partial charge is 0.508 e. The SMILES string of the molecule is O=C1/C(=C/c2cccc(O)c2)Oc2c(Cl)cccc21. The lowest BCUT2D eigenvalue weighted by atomic mass is 10.1. The van der Waals surface area contributed by atoms with E-state index in [1.807, 2.05) is 0 Å². The maximum absolute atomic E-state index is 12.1. The molecule has 0 aromatic heterocycles. The van der Waals surface area contributed by atoms with E-state index in [1.54, 1.807) is 48.5 Å². The number of aromatic hydroxyl groups is 1. The molecule has 0 amide bonds. The molecule has 4 heteroatoms. The molecular formula is C15H9ClO3. The predicted molar refractivity (Wildman–Crippen MR) is 72.5 cm³/mol. The molecule has 0 radical (unpaired) electrons. The number of fused-ring (bicyclic) bond motifs is 1. The molecule has 0 unspecified atom stereocenters. The Labute approximate surface area is 114 Å². The normalized spacial score (nSPS) is 15.4. The van der Waals surface area contributed by atoms with Gasteiger partial charge in [-0.15, -0.1) is 0 Å². The smallest absolute Gasteiger partial charge is 0.232 e. The molecule has 0 aliphatic carbocycles. The summed E-state index contributed by atoms with van der Waals surface area (Å²) in [5.41, 5.74) is 1.14. The number of para-hydroxylation sites is 1. The molecule has 0 atom stereocenters. The van der Waals surface area contributed by atoms with Crippen LogP contribution in [0, 0.1) is 0 Å². The first-order chi connectivity index (χ1) is 9.15. The fraction of sp³-hybridized carbons (Fsp3) is 0. The number of ketones is 1. The van der Waals surface area contributed by atoms with Gasteiger partial charge in [-0.3, -0.25) is 4.79 Å². The lowest BCUT2D eigenvalue weighted by Gasteiger charge is -2.00. The van der Waals surface area contributed by atoms with E-state index in [9.17, 15) is 9.90 Å². The Morgan fingerprint density at radius 2 is 1.95 bits per heavy atom. The van der Waals surface area contributed by atoms with Crippen LogP contribution in [0.2, 0.25) is 5.02 Å². The molecule has 0 saturated carbocycles. The minimum absolute atomic E-state index is 0.135. The summed E-state index contributed by atoms with van der Waals surface area (Å²) in [6.07, 6.45) is 1.58. The van der Waals surface area contributed by atoms with Gasteiger partial charge in [0.25, 0.3) is 0 Å². The van der Waals surface area contributed by atoms with Crippen molar-refractivity contribution in [1.82, 2.24) is 0 Å². The quantitative estimate of drug-likeness (QED) is 0.806. The molecule has 3 nitrogen and oxygen atoms in total. The van der Waals surface area contributed by atoms with Gasteiger partial charge in [-0.25, -0.2) is 0 Å². The van der Waals surface area contributed by atoms with E-state index in [-0.39, 0.29) is 17.3 Å². The van der Waals surface area contributed by atoms with Crippen molar-refractivity contribution in [2.24, 2.45) is 0 Å². The summed E-state index contributed by atoms with van der Waals surface area (Å²) >= 11 is 5.98. The summed E-state index contributed by atoms with van der Waals surface area (Å²) in [5.74, 6) is 0.519. The van der Waals surface area contributed by atoms with E-state index < -0.39 is 0 Å². The van der Waals surface area contributed by atoms with Crippen molar-refractivity contribution in [3.05, 3.63) is 64.4 Å². The molecule has 1 N–H and O–H groups in total. The molecule has 94 valence electrons. The number of benzene rings is 2. The molecule has 1 heterocycles. The van der Waals surface area contributed by atoms with Crippen LogP contribution < -0.4 is 4.74 Å². The van der Waals surface area contributed by atoms with Gasteiger partial charge < -0.3 is 9.84 Å². The number of Topliss-reactive ketones (excluding diaryl/α,β-unsaturated/α-hetero) is 1. The number of ether oxygens (including phenoxy) is 1. The van der Waals surface area contributed by atoms with Crippen molar-refractivity contribution in [1.29, 1.82) is 0 Å². The second-order valence-electron chi connectivity index (χ2n) is 4.15. The first-order valence-electron chi connectivity index (χ1n) is 5.67. The first kappa shape index (κ1) is 11.8. The third kappa shape index (κ3) is 2.09. The van der Waals surface area contributed by atoms with Gasteiger partial charge in [-0.1, -0.05) is 29.8 Å². The van der Waals surface area contributed by atoms with Gasteiger partial charge >= 0.3 is 0 Å². The third-order valence-corrected chi connectivity index (χ3v) is 3.11. The van der Waals surface area contributed by atoms with Crippen molar-refractivity contribution < 1.29 is 14.6 Å². The van der Waals surface area contributed by atoms with Crippen molar-refractivity contribution in [3.63, 3.8) is 0 Å². The fourth-order valence-electron chi connectivity index (χ4n) is 1.94. The summed E-state index contributed by atoms with van der Waals surface area (Å²) < 4.78 is 5.49. The Hall–Kier alpha value is -2.26. The molecule has 1 aliphatic heterocycles. The zero-order valence-electron chi connectivity index (χ0n) is 9.76. The summed E-state index contributed by atoms with van der Waals surface area (Å²) in [4.78, 5) is 12.1.